The maximum absolute atomic E-state index is 12.6. The molecule has 0 unspecified atom stereocenters. The summed E-state index contributed by atoms with van der Waals surface area (Å²) in [6, 6.07) is 8.13. The quantitative estimate of drug-likeness (QED) is 0.644. The van der Waals surface area contributed by atoms with Crippen molar-refractivity contribution in [1.82, 2.24) is 14.8 Å². The van der Waals surface area contributed by atoms with E-state index in [0.29, 0.717) is 37.8 Å². The first kappa shape index (κ1) is 18.9. The average molecular weight is 423 g/mol. The molecule has 0 radical (unpaired) electrons. The van der Waals surface area contributed by atoms with Gasteiger partial charge in [-0.15, -0.1) is 11.3 Å². The zero-order valence-electron chi connectivity index (χ0n) is 14.7. The van der Waals surface area contributed by atoms with Crippen LogP contribution in [0.3, 0.4) is 0 Å². The van der Waals surface area contributed by atoms with Crippen LogP contribution in [0, 0.1) is 0 Å². The minimum Gasteiger partial charge on any atom is -0.461 e. The third kappa shape index (κ3) is 3.87. The molecular formula is C17H17N3O6S2. The normalized spacial score (nSPS) is 15.6. The van der Waals surface area contributed by atoms with Crippen LogP contribution in [0.1, 0.15) is 15.4 Å². The van der Waals surface area contributed by atoms with Crippen molar-refractivity contribution in [2.75, 3.05) is 26.3 Å². The number of nitrogens with zero attached hydrogens (tertiary/aromatic N) is 2. The van der Waals surface area contributed by atoms with Crippen molar-refractivity contribution in [3.05, 3.63) is 47.2 Å². The number of sulfonamides is 1. The molecule has 3 aromatic rings. The molecule has 0 spiro atoms. The summed E-state index contributed by atoms with van der Waals surface area (Å²) >= 11 is 1.13. The minimum absolute atomic E-state index is 0.115. The van der Waals surface area contributed by atoms with Gasteiger partial charge in [-0.05, 0) is 24.3 Å². The molecule has 11 heteroatoms. The highest BCUT2D eigenvalue weighted by Crippen LogP contribution is 2.26. The number of nitrogens with one attached hydrogen (secondary N) is 1. The Morgan fingerprint density at radius 3 is 2.79 bits per heavy atom. The van der Waals surface area contributed by atoms with E-state index in [0.717, 1.165) is 16.2 Å². The van der Waals surface area contributed by atoms with Crippen LogP contribution in [-0.2, 0) is 21.3 Å². The first-order valence-corrected chi connectivity index (χ1v) is 10.7. The van der Waals surface area contributed by atoms with Gasteiger partial charge in [-0.2, -0.15) is 4.31 Å². The van der Waals surface area contributed by atoms with Crippen LogP contribution in [0.15, 0.2) is 49.7 Å². The summed E-state index contributed by atoms with van der Waals surface area (Å²) in [4.78, 5) is 13.0. The van der Waals surface area contributed by atoms with E-state index >= 15 is 0 Å². The van der Waals surface area contributed by atoms with Gasteiger partial charge in [0.25, 0.3) is 15.9 Å². The van der Waals surface area contributed by atoms with Crippen LogP contribution in [0.25, 0.3) is 11.5 Å². The third-order valence-corrected chi connectivity index (χ3v) is 7.58. The Kier molecular flexibility index (Phi) is 5.31. The molecule has 4 rings (SSSR count). The number of rotatable bonds is 6. The number of hydrogen-bond donors (Lipinski definition) is 1. The van der Waals surface area contributed by atoms with Crippen LogP contribution in [0.5, 0.6) is 0 Å². The standard InChI is InChI=1S/C17H17N3O6S2/c21-17(13-10-15(26-19-13)14-2-1-7-25-14)18-11-12-3-4-16(27-12)28(22,23)20-5-8-24-9-6-20/h1-4,7,10H,5-6,8-9,11H2,(H,18,21). The van der Waals surface area contributed by atoms with Gasteiger partial charge in [-0.1, -0.05) is 5.16 Å². The summed E-state index contributed by atoms with van der Waals surface area (Å²) in [5, 5.41) is 6.44. The fourth-order valence-electron chi connectivity index (χ4n) is 2.68. The van der Waals surface area contributed by atoms with E-state index in [1.807, 2.05) is 0 Å². The van der Waals surface area contributed by atoms with Crippen LogP contribution in [0.4, 0.5) is 0 Å². The predicted molar refractivity (Wildman–Crippen MR) is 99.3 cm³/mol. The van der Waals surface area contributed by atoms with E-state index in [1.165, 1.54) is 16.6 Å². The SMILES string of the molecule is O=C(NCc1ccc(S(=O)(=O)N2CCOCC2)s1)c1cc(-c2ccco2)on1. The molecule has 1 amide bonds. The molecule has 1 saturated heterocycles. The Morgan fingerprint density at radius 1 is 1.21 bits per heavy atom. The van der Waals surface area contributed by atoms with Gasteiger partial charge < -0.3 is 19.0 Å². The predicted octanol–water partition coefficient (Wildman–Crippen LogP) is 1.95. The van der Waals surface area contributed by atoms with Gasteiger partial charge in [0.2, 0.25) is 5.76 Å². The summed E-state index contributed by atoms with van der Waals surface area (Å²) in [5.41, 5.74) is 0.115. The van der Waals surface area contributed by atoms with Crippen LogP contribution in [-0.4, -0.2) is 50.1 Å². The van der Waals surface area contributed by atoms with E-state index < -0.39 is 15.9 Å². The van der Waals surface area contributed by atoms with Gasteiger partial charge in [0, 0.05) is 24.0 Å². The molecule has 0 saturated carbocycles. The van der Waals surface area contributed by atoms with Gasteiger partial charge in [0.1, 0.15) is 4.21 Å². The van der Waals surface area contributed by atoms with Crippen molar-refractivity contribution in [3.8, 4) is 11.5 Å². The van der Waals surface area contributed by atoms with E-state index in [2.05, 4.69) is 10.5 Å². The maximum atomic E-state index is 12.6. The highest BCUT2D eigenvalue weighted by atomic mass is 32.2. The lowest BCUT2D eigenvalue weighted by Gasteiger charge is -2.25. The molecule has 0 aliphatic carbocycles. The number of hydrogen-bond acceptors (Lipinski definition) is 8. The Bertz CT molecular complexity index is 1050. The molecule has 1 fully saturated rings. The van der Waals surface area contributed by atoms with Gasteiger partial charge in [-0.25, -0.2) is 8.42 Å². The summed E-state index contributed by atoms with van der Waals surface area (Å²) in [6.07, 6.45) is 1.50. The summed E-state index contributed by atoms with van der Waals surface area (Å²) in [5.74, 6) is 0.403. The first-order valence-electron chi connectivity index (χ1n) is 8.49. The van der Waals surface area contributed by atoms with Gasteiger partial charge >= 0.3 is 0 Å². The van der Waals surface area contributed by atoms with Crippen molar-refractivity contribution < 1.29 is 26.9 Å². The van der Waals surface area contributed by atoms with Crippen LogP contribution in [0.2, 0.25) is 0 Å². The molecule has 1 N–H and O–H groups in total. The smallest absolute Gasteiger partial charge is 0.273 e. The van der Waals surface area contributed by atoms with Gasteiger partial charge in [0.15, 0.2) is 11.5 Å². The Balaban J connectivity index is 1.38. The number of ether oxygens (including phenoxy) is 1. The highest BCUT2D eigenvalue weighted by molar-refractivity contribution is 7.91. The lowest BCUT2D eigenvalue weighted by molar-refractivity contribution is 0.0731. The number of morpholine rings is 1. The number of amides is 1. The van der Waals surface area contributed by atoms with Crippen molar-refractivity contribution in [2.45, 2.75) is 10.8 Å². The maximum Gasteiger partial charge on any atom is 0.273 e. The molecule has 4 heterocycles. The van der Waals surface area contributed by atoms with E-state index in [4.69, 9.17) is 13.7 Å². The van der Waals surface area contributed by atoms with Crippen LogP contribution < -0.4 is 5.32 Å². The largest absolute Gasteiger partial charge is 0.461 e. The second-order valence-corrected chi connectivity index (χ2v) is 9.31. The van der Waals surface area contributed by atoms with Crippen molar-refractivity contribution >= 4 is 27.3 Å². The molecular weight excluding hydrogens is 406 g/mol. The van der Waals surface area contributed by atoms with E-state index in [-0.39, 0.29) is 16.4 Å². The molecule has 3 aromatic heterocycles. The number of carbonyl (C=O) groups excluding carboxylic acids is 1. The second-order valence-electron chi connectivity index (χ2n) is 5.97. The Hall–Kier alpha value is -2.47. The molecule has 1 aliphatic heterocycles. The van der Waals surface area contributed by atoms with Gasteiger partial charge in [-0.3, -0.25) is 4.79 Å². The summed E-state index contributed by atoms with van der Waals surface area (Å²) in [7, 11) is -3.53. The number of carbonyl (C=O) groups is 1. The van der Waals surface area contributed by atoms with E-state index in [9.17, 15) is 13.2 Å². The fraction of sp³-hybridized carbons (Fsp3) is 0.294. The number of furan rings is 1. The van der Waals surface area contributed by atoms with Crippen molar-refractivity contribution in [2.24, 2.45) is 0 Å². The molecule has 1 aliphatic rings. The topological polar surface area (TPSA) is 115 Å². The average Bonchev–Trinajstić information content (AvgIpc) is 3.48. The van der Waals surface area contributed by atoms with Gasteiger partial charge in [0.05, 0.1) is 26.0 Å². The third-order valence-electron chi connectivity index (χ3n) is 4.13. The minimum atomic E-state index is -3.53. The lowest BCUT2D eigenvalue weighted by Crippen LogP contribution is -2.40. The summed E-state index contributed by atoms with van der Waals surface area (Å²) in [6.45, 7) is 1.66. The Labute approximate surface area is 164 Å². The number of thiophene rings is 1. The monoisotopic (exact) mass is 423 g/mol. The molecule has 0 atom stereocenters. The van der Waals surface area contributed by atoms with Crippen LogP contribution >= 0.6 is 11.3 Å². The summed E-state index contributed by atoms with van der Waals surface area (Å²) < 4.78 is 42.4. The first-order chi connectivity index (χ1) is 13.5. The molecule has 28 heavy (non-hydrogen) atoms. The van der Waals surface area contributed by atoms with Crippen molar-refractivity contribution in [1.29, 1.82) is 0 Å². The molecule has 148 valence electrons. The lowest BCUT2D eigenvalue weighted by atomic mass is 10.3. The molecule has 9 nitrogen and oxygen atoms in total. The van der Waals surface area contributed by atoms with E-state index in [1.54, 1.807) is 24.3 Å². The zero-order chi connectivity index (χ0) is 19.6. The zero-order valence-corrected chi connectivity index (χ0v) is 16.3. The second kappa shape index (κ2) is 7.87. The Morgan fingerprint density at radius 2 is 2.04 bits per heavy atom. The van der Waals surface area contributed by atoms with Crippen molar-refractivity contribution in [3.63, 3.8) is 0 Å². The molecule has 0 bridgehead atoms. The fourth-order valence-corrected chi connectivity index (χ4v) is 5.54. The molecule has 0 aromatic carbocycles. The number of aromatic nitrogens is 1. The highest BCUT2D eigenvalue weighted by Gasteiger charge is 2.27.